The molecule has 2 fully saturated rings. The second kappa shape index (κ2) is 7.81. The Kier molecular flexibility index (Phi) is 5.02. The van der Waals surface area contributed by atoms with Crippen LogP contribution in [0.25, 0.3) is 21.9 Å². The van der Waals surface area contributed by atoms with Crippen molar-refractivity contribution in [2.24, 2.45) is 17.8 Å². The molecule has 0 unspecified atom stereocenters. The van der Waals surface area contributed by atoms with Gasteiger partial charge < -0.3 is 19.2 Å². The number of carbonyl (C=O) groups is 1. The van der Waals surface area contributed by atoms with E-state index in [0.29, 0.717) is 24.8 Å². The number of hydrogen-bond acceptors (Lipinski definition) is 4. The molecule has 2 saturated heterocycles. The number of para-hydroxylation sites is 1. The molecule has 0 spiro atoms. The predicted octanol–water partition coefficient (Wildman–Crippen LogP) is 3.62. The Labute approximate surface area is 170 Å². The maximum Gasteiger partial charge on any atom is 0.227 e. The van der Waals surface area contributed by atoms with Crippen molar-refractivity contribution < 1.29 is 19.1 Å². The Bertz CT molecular complexity index is 1020. The molecule has 5 nitrogen and oxygen atoms in total. The summed E-state index contributed by atoms with van der Waals surface area (Å²) >= 11 is 0. The second-order valence-corrected chi connectivity index (χ2v) is 8.46. The Morgan fingerprint density at radius 1 is 1.03 bits per heavy atom. The van der Waals surface area contributed by atoms with Gasteiger partial charge in [-0.15, -0.1) is 0 Å². The summed E-state index contributed by atoms with van der Waals surface area (Å²) in [6.07, 6.45) is 2.45. The first-order valence-corrected chi connectivity index (χ1v) is 10.6. The minimum absolute atomic E-state index is 0.144. The molecule has 1 N–H and O–H groups in total. The van der Waals surface area contributed by atoms with E-state index in [0.717, 1.165) is 60.1 Å². The van der Waals surface area contributed by atoms with E-state index < -0.39 is 0 Å². The summed E-state index contributed by atoms with van der Waals surface area (Å²) in [5.74, 6) is 1.26. The molecule has 5 heteroatoms. The van der Waals surface area contributed by atoms with Crippen LogP contribution in [-0.4, -0.2) is 48.8 Å². The Morgan fingerprint density at radius 3 is 2.66 bits per heavy atom. The third-order valence-electron chi connectivity index (χ3n) is 6.75. The quantitative estimate of drug-likeness (QED) is 0.735. The lowest BCUT2D eigenvalue weighted by Crippen LogP contribution is -2.32. The smallest absolute Gasteiger partial charge is 0.227 e. The molecule has 2 aromatic carbocycles. The molecule has 3 heterocycles. The van der Waals surface area contributed by atoms with Gasteiger partial charge in [-0.25, -0.2) is 0 Å². The molecule has 0 radical (unpaired) electrons. The number of amides is 1. The molecule has 0 aliphatic carbocycles. The second-order valence-electron chi connectivity index (χ2n) is 8.46. The van der Waals surface area contributed by atoms with Crippen molar-refractivity contribution in [2.45, 2.75) is 19.3 Å². The fourth-order valence-electron chi connectivity index (χ4n) is 5.14. The molecule has 29 heavy (non-hydrogen) atoms. The van der Waals surface area contributed by atoms with E-state index >= 15 is 0 Å². The van der Waals surface area contributed by atoms with Crippen LogP contribution in [0.3, 0.4) is 0 Å². The molecule has 2 aliphatic rings. The molecule has 0 saturated carbocycles. The van der Waals surface area contributed by atoms with Crippen LogP contribution in [0.15, 0.2) is 46.9 Å². The highest BCUT2D eigenvalue weighted by molar-refractivity contribution is 6.05. The van der Waals surface area contributed by atoms with Gasteiger partial charge in [0.1, 0.15) is 11.2 Å². The number of rotatable bonds is 4. The van der Waals surface area contributed by atoms with Crippen LogP contribution in [0, 0.1) is 17.8 Å². The number of furan rings is 1. The molecule has 3 aromatic rings. The fourth-order valence-corrected chi connectivity index (χ4v) is 5.14. The highest BCUT2D eigenvalue weighted by Crippen LogP contribution is 2.35. The average Bonchev–Trinajstić information content (AvgIpc) is 3.36. The number of benzene rings is 2. The molecular formula is C24H27NO4. The molecule has 152 valence electrons. The first kappa shape index (κ1) is 18.6. The van der Waals surface area contributed by atoms with Crippen LogP contribution in [0.4, 0.5) is 0 Å². The normalized spacial score (nSPS) is 23.3. The number of likely N-dealkylation sites (tertiary alicyclic amines) is 1. The lowest BCUT2D eigenvalue weighted by Gasteiger charge is -2.30. The zero-order chi connectivity index (χ0) is 19.8. The summed E-state index contributed by atoms with van der Waals surface area (Å²) in [5, 5.41) is 12.0. The summed E-state index contributed by atoms with van der Waals surface area (Å²) in [6.45, 7) is 3.16. The molecule has 2 aliphatic heterocycles. The average molecular weight is 393 g/mol. The van der Waals surface area contributed by atoms with Gasteiger partial charge in [0.05, 0.1) is 6.42 Å². The van der Waals surface area contributed by atoms with Gasteiger partial charge in [0, 0.05) is 49.6 Å². The molecule has 0 bridgehead atoms. The molecular weight excluding hydrogens is 366 g/mol. The standard InChI is InChI=1S/C24H27NO4/c26-15-18-13-25(14-21(18)17-7-9-28-10-8-17)24(27)12-16-5-6-23-20(11-16)19-3-1-2-4-22(19)29-23/h1-6,11,17-18,21,26H,7-10,12-15H2/t18-,21-/m0/s1. The van der Waals surface area contributed by atoms with E-state index in [2.05, 4.69) is 12.1 Å². The third kappa shape index (κ3) is 3.53. The van der Waals surface area contributed by atoms with Crippen LogP contribution >= 0.6 is 0 Å². The highest BCUT2D eigenvalue weighted by Gasteiger charge is 2.39. The number of aliphatic hydroxyl groups excluding tert-OH is 1. The van der Waals surface area contributed by atoms with Crippen LogP contribution < -0.4 is 0 Å². The number of nitrogens with zero attached hydrogens (tertiary/aromatic N) is 1. The van der Waals surface area contributed by atoms with Crippen molar-refractivity contribution >= 4 is 27.8 Å². The van der Waals surface area contributed by atoms with E-state index in [1.54, 1.807) is 0 Å². The van der Waals surface area contributed by atoms with E-state index in [9.17, 15) is 9.90 Å². The van der Waals surface area contributed by atoms with Crippen molar-refractivity contribution in [1.82, 2.24) is 4.90 Å². The number of ether oxygens (including phenoxy) is 1. The number of aliphatic hydroxyl groups is 1. The SMILES string of the molecule is O=C(Cc1ccc2oc3ccccc3c2c1)N1C[C@@H](CO)[C@H](C2CCOCC2)C1. The van der Waals surface area contributed by atoms with Gasteiger partial charge in [-0.05, 0) is 48.4 Å². The Hall–Kier alpha value is -2.37. The minimum atomic E-state index is 0.144. The first-order valence-electron chi connectivity index (χ1n) is 10.6. The Morgan fingerprint density at radius 2 is 1.83 bits per heavy atom. The lowest BCUT2D eigenvalue weighted by atomic mass is 9.80. The van der Waals surface area contributed by atoms with Crippen molar-refractivity contribution in [2.75, 3.05) is 32.9 Å². The minimum Gasteiger partial charge on any atom is -0.456 e. The largest absolute Gasteiger partial charge is 0.456 e. The topological polar surface area (TPSA) is 62.9 Å². The van der Waals surface area contributed by atoms with E-state index in [1.807, 2.05) is 35.2 Å². The van der Waals surface area contributed by atoms with Crippen LogP contribution in [-0.2, 0) is 16.0 Å². The predicted molar refractivity (Wildman–Crippen MR) is 112 cm³/mol. The molecule has 1 aromatic heterocycles. The van der Waals surface area contributed by atoms with Crippen LogP contribution in [0.2, 0.25) is 0 Å². The first-order chi connectivity index (χ1) is 14.2. The number of fused-ring (bicyclic) bond motifs is 3. The zero-order valence-electron chi connectivity index (χ0n) is 16.5. The van der Waals surface area contributed by atoms with Gasteiger partial charge in [0.25, 0.3) is 0 Å². The van der Waals surface area contributed by atoms with Gasteiger partial charge >= 0.3 is 0 Å². The zero-order valence-corrected chi connectivity index (χ0v) is 16.5. The van der Waals surface area contributed by atoms with Crippen LogP contribution in [0.1, 0.15) is 18.4 Å². The molecule has 2 atom stereocenters. The maximum atomic E-state index is 13.0. The summed E-state index contributed by atoms with van der Waals surface area (Å²) in [7, 11) is 0. The van der Waals surface area contributed by atoms with Gasteiger partial charge in [0.15, 0.2) is 0 Å². The fraction of sp³-hybridized carbons (Fsp3) is 0.458. The van der Waals surface area contributed by atoms with Crippen molar-refractivity contribution in [3.8, 4) is 0 Å². The van der Waals surface area contributed by atoms with E-state index in [-0.39, 0.29) is 18.4 Å². The lowest BCUT2D eigenvalue weighted by molar-refractivity contribution is -0.129. The van der Waals surface area contributed by atoms with Crippen molar-refractivity contribution in [1.29, 1.82) is 0 Å². The summed E-state index contributed by atoms with van der Waals surface area (Å²) in [5.41, 5.74) is 2.73. The summed E-state index contributed by atoms with van der Waals surface area (Å²) < 4.78 is 11.4. The van der Waals surface area contributed by atoms with Gasteiger partial charge in [-0.3, -0.25) is 4.79 Å². The monoisotopic (exact) mass is 393 g/mol. The maximum absolute atomic E-state index is 13.0. The van der Waals surface area contributed by atoms with Crippen LogP contribution in [0.5, 0.6) is 0 Å². The molecule has 1 amide bonds. The van der Waals surface area contributed by atoms with Crippen molar-refractivity contribution in [3.63, 3.8) is 0 Å². The summed E-state index contributed by atoms with van der Waals surface area (Å²) in [4.78, 5) is 15.0. The van der Waals surface area contributed by atoms with E-state index in [1.165, 1.54) is 0 Å². The van der Waals surface area contributed by atoms with Gasteiger partial charge in [-0.2, -0.15) is 0 Å². The third-order valence-corrected chi connectivity index (χ3v) is 6.75. The van der Waals surface area contributed by atoms with Gasteiger partial charge in [-0.1, -0.05) is 24.3 Å². The molecule has 5 rings (SSSR count). The Balaban J connectivity index is 1.32. The number of carbonyl (C=O) groups excluding carboxylic acids is 1. The highest BCUT2D eigenvalue weighted by atomic mass is 16.5. The van der Waals surface area contributed by atoms with Gasteiger partial charge in [0.2, 0.25) is 5.91 Å². The summed E-state index contributed by atoms with van der Waals surface area (Å²) in [6, 6.07) is 14.0. The van der Waals surface area contributed by atoms with E-state index in [4.69, 9.17) is 9.15 Å². The number of hydrogen-bond donors (Lipinski definition) is 1. The van der Waals surface area contributed by atoms with Crippen molar-refractivity contribution in [3.05, 3.63) is 48.0 Å².